The number of aliphatic imine (C=N–C) groups is 2. The fraction of sp³-hybridized carbons (Fsp3) is 0.414. The number of carbonyl (C=O) groups is 3. The Morgan fingerprint density at radius 1 is 1.17 bits per heavy atom. The Kier molecular flexibility index (Phi) is 9.20. The molecule has 216 valence electrons. The number of methoxy groups -OCH3 is 1. The Hall–Kier alpha value is -3.90. The van der Waals surface area contributed by atoms with Crippen LogP contribution in [0.3, 0.4) is 0 Å². The second kappa shape index (κ2) is 13.2. The van der Waals surface area contributed by atoms with Crippen molar-refractivity contribution in [2.75, 3.05) is 27.1 Å². The average Bonchev–Trinajstić information content (AvgIpc) is 3.59. The summed E-state index contributed by atoms with van der Waals surface area (Å²) < 4.78 is 15.8. The van der Waals surface area contributed by atoms with Crippen LogP contribution in [0, 0.1) is 0 Å². The van der Waals surface area contributed by atoms with Gasteiger partial charge in [0, 0.05) is 38.8 Å². The predicted octanol–water partition coefficient (Wildman–Crippen LogP) is 3.13. The highest BCUT2D eigenvalue weighted by molar-refractivity contribution is 8.15. The normalized spacial score (nSPS) is 17.4. The van der Waals surface area contributed by atoms with E-state index in [1.807, 2.05) is 49.4 Å². The minimum absolute atomic E-state index is 0.115. The van der Waals surface area contributed by atoms with E-state index >= 15 is 0 Å². The van der Waals surface area contributed by atoms with Crippen LogP contribution < -0.4 is 20.1 Å². The summed E-state index contributed by atoms with van der Waals surface area (Å²) in [5, 5.41) is 5.82. The summed E-state index contributed by atoms with van der Waals surface area (Å²) in [7, 11) is 1.62. The Bertz CT molecular complexity index is 1380. The van der Waals surface area contributed by atoms with Gasteiger partial charge in [-0.1, -0.05) is 36.9 Å². The Balaban J connectivity index is 1.23. The van der Waals surface area contributed by atoms with Crippen molar-refractivity contribution < 1.29 is 28.6 Å². The topological polar surface area (TPSA) is 131 Å². The van der Waals surface area contributed by atoms with Crippen molar-refractivity contribution in [3.05, 3.63) is 53.6 Å². The third kappa shape index (κ3) is 6.54. The van der Waals surface area contributed by atoms with Crippen molar-refractivity contribution >= 4 is 46.2 Å². The van der Waals surface area contributed by atoms with Crippen molar-refractivity contribution in [3.8, 4) is 11.5 Å². The third-order valence-electron chi connectivity index (χ3n) is 6.85. The maximum absolute atomic E-state index is 13.6. The number of nitrogens with one attached hydrogen (secondary N) is 2. The second-order valence-corrected chi connectivity index (χ2v) is 10.9. The van der Waals surface area contributed by atoms with E-state index in [1.165, 1.54) is 16.7 Å². The molecule has 41 heavy (non-hydrogen) atoms. The summed E-state index contributed by atoms with van der Waals surface area (Å²) >= 11 is 1.25. The number of benzene rings is 2. The smallest absolute Gasteiger partial charge is 0.259 e. The second-order valence-electron chi connectivity index (χ2n) is 9.71. The number of para-hydroxylation sites is 1. The molecule has 12 heteroatoms. The maximum atomic E-state index is 13.6. The fourth-order valence-electron chi connectivity index (χ4n) is 4.67. The molecule has 0 spiro atoms. The van der Waals surface area contributed by atoms with E-state index in [-0.39, 0.29) is 37.4 Å². The summed E-state index contributed by atoms with van der Waals surface area (Å²) in [6, 6.07) is 12.3. The van der Waals surface area contributed by atoms with Gasteiger partial charge < -0.3 is 24.8 Å². The first kappa shape index (κ1) is 28.6. The molecule has 0 bridgehead atoms. The van der Waals surface area contributed by atoms with Crippen LogP contribution in [0.5, 0.6) is 11.5 Å². The summed E-state index contributed by atoms with van der Waals surface area (Å²) in [5.74, 6) is 1.30. The standard InChI is InChI=1S/C29H33N5O6S/c1-3-24(27(36)30-13-6-14-38-2)41-29-33-20-8-5-4-7-19(20)26-32-21(28(37)34(26)29)10-12-25(35)31-16-18-9-11-22-23(15-18)40-17-39-22/h4-5,7-9,11,15,21,24H,3,6,10,12-14,16-17H2,1-2H3,(H,30,36)(H,31,35)/t21-,24-/m0/s1. The lowest BCUT2D eigenvalue weighted by Gasteiger charge is -2.27. The van der Waals surface area contributed by atoms with E-state index in [9.17, 15) is 14.4 Å². The first-order chi connectivity index (χ1) is 20.0. The molecule has 5 rings (SSSR count). The molecule has 2 N–H and O–H groups in total. The minimum Gasteiger partial charge on any atom is -0.454 e. The number of thioether (sulfide) groups is 1. The van der Waals surface area contributed by atoms with Gasteiger partial charge in [-0.15, -0.1) is 0 Å². The van der Waals surface area contributed by atoms with E-state index in [0.29, 0.717) is 60.7 Å². The van der Waals surface area contributed by atoms with E-state index < -0.39 is 11.3 Å². The molecule has 2 aromatic carbocycles. The molecule has 3 aliphatic heterocycles. The minimum atomic E-state index is -0.721. The number of fused-ring (bicyclic) bond motifs is 4. The number of rotatable bonds is 12. The summed E-state index contributed by atoms with van der Waals surface area (Å²) in [6.45, 7) is 3.52. The SMILES string of the molecule is CC[C@H](SC1=Nc2ccccc2C2=N[C@@H](CCC(=O)NCc3ccc4c(c3)OCO4)C(=O)N12)C(=O)NCCCOC. The largest absolute Gasteiger partial charge is 0.454 e. The van der Waals surface area contributed by atoms with Gasteiger partial charge in [0.1, 0.15) is 11.9 Å². The first-order valence-corrected chi connectivity index (χ1v) is 14.5. The lowest BCUT2D eigenvalue weighted by molar-refractivity contribution is -0.125. The molecular weight excluding hydrogens is 546 g/mol. The van der Waals surface area contributed by atoms with Gasteiger partial charge >= 0.3 is 0 Å². The zero-order chi connectivity index (χ0) is 28.8. The molecule has 0 radical (unpaired) electrons. The van der Waals surface area contributed by atoms with E-state index in [1.54, 1.807) is 7.11 Å². The van der Waals surface area contributed by atoms with Gasteiger partial charge in [0.25, 0.3) is 5.91 Å². The van der Waals surface area contributed by atoms with Crippen LogP contribution in [-0.2, 0) is 25.7 Å². The van der Waals surface area contributed by atoms with Gasteiger partial charge in [0.2, 0.25) is 18.6 Å². The number of amidine groups is 2. The summed E-state index contributed by atoms with van der Waals surface area (Å²) in [4.78, 5) is 50.1. The van der Waals surface area contributed by atoms with Crippen molar-refractivity contribution in [2.24, 2.45) is 9.98 Å². The van der Waals surface area contributed by atoms with Crippen LogP contribution in [-0.4, -0.2) is 72.0 Å². The van der Waals surface area contributed by atoms with Gasteiger partial charge in [-0.05, 0) is 49.1 Å². The number of ether oxygens (including phenoxy) is 3. The molecule has 3 aliphatic rings. The molecule has 0 aliphatic carbocycles. The molecule has 0 saturated heterocycles. The van der Waals surface area contributed by atoms with Crippen LogP contribution in [0.2, 0.25) is 0 Å². The molecule has 0 fully saturated rings. The van der Waals surface area contributed by atoms with E-state index in [4.69, 9.17) is 24.2 Å². The number of hydrogen-bond donors (Lipinski definition) is 2. The van der Waals surface area contributed by atoms with Crippen LogP contribution in [0.1, 0.15) is 43.7 Å². The lowest BCUT2D eigenvalue weighted by Crippen LogP contribution is -2.43. The quantitative estimate of drug-likeness (QED) is 0.370. The average molecular weight is 580 g/mol. The maximum Gasteiger partial charge on any atom is 0.259 e. The first-order valence-electron chi connectivity index (χ1n) is 13.7. The van der Waals surface area contributed by atoms with Crippen molar-refractivity contribution in [1.82, 2.24) is 15.5 Å². The van der Waals surface area contributed by atoms with Crippen LogP contribution in [0.15, 0.2) is 52.4 Å². The number of carbonyl (C=O) groups excluding carboxylic acids is 3. The molecule has 0 aromatic heterocycles. The zero-order valence-electron chi connectivity index (χ0n) is 23.1. The highest BCUT2D eigenvalue weighted by Crippen LogP contribution is 2.36. The zero-order valence-corrected chi connectivity index (χ0v) is 23.9. The van der Waals surface area contributed by atoms with Crippen LogP contribution in [0.4, 0.5) is 5.69 Å². The van der Waals surface area contributed by atoms with Crippen molar-refractivity contribution in [1.29, 1.82) is 0 Å². The van der Waals surface area contributed by atoms with Crippen LogP contribution in [0.25, 0.3) is 0 Å². The Labute approximate surface area is 242 Å². The van der Waals surface area contributed by atoms with Crippen molar-refractivity contribution in [3.63, 3.8) is 0 Å². The van der Waals surface area contributed by atoms with Gasteiger partial charge in [0.15, 0.2) is 16.7 Å². The number of hydrogen-bond acceptors (Lipinski definition) is 9. The van der Waals surface area contributed by atoms with Gasteiger partial charge in [-0.25, -0.2) is 9.89 Å². The Morgan fingerprint density at radius 3 is 2.83 bits per heavy atom. The molecular formula is C29H33N5O6S. The third-order valence-corrected chi connectivity index (χ3v) is 8.17. The summed E-state index contributed by atoms with van der Waals surface area (Å²) in [5.41, 5.74) is 2.33. The highest BCUT2D eigenvalue weighted by atomic mass is 32.2. The summed E-state index contributed by atoms with van der Waals surface area (Å²) in [6.07, 6.45) is 1.66. The molecule has 0 unspecified atom stereocenters. The lowest BCUT2D eigenvalue weighted by atomic mass is 10.1. The molecule has 3 amide bonds. The van der Waals surface area contributed by atoms with E-state index in [0.717, 1.165) is 11.1 Å². The van der Waals surface area contributed by atoms with Gasteiger partial charge in [-0.3, -0.25) is 19.4 Å². The highest BCUT2D eigenvalue weighted by Gasteiger charge is 2.42. The van der Waals surface area contributed by atoms with Gasteiger partial charge in [0.05, 0.1) is 10.9 Å². The Morgan fingerprint density at radius 2 is 2.00 bits per heavy atom. The number of nitrogens with zero attached hydrogens (tertiary/aromatic N) is 3. The van der Waals surface area contributed by atoms with E-state index in [2.05, 4.69) is 10.6 Å². The molecule has 11 nitrogen and oxygen atoms in total. The molecule has 0 saturated carbocycles. The molecule has 2 atom stereocenters. The van der Waals surface area contributed by atoms with Crippen molar-refractivity contribution in [2.45, 2.75) is 50.4 Å². The van der Waals surface area contributed by atoms with Crippen LogP contribution >= 0.6 is 11.8 Å². The number of amides is 3. The molecule has 3 heterocycles. The molecule has 2 aromatic rings. The fourth-order valence-corrected chi connectivity index (χ4v) is 5.71. The van der Waals surface area contributed by atoms with Gasteiger partial charge in [-0.2, -0.15) is 0 Å². The predicted molar refractivity (Wildman–Crippen MR) is 156 cm³/mol. The monoisotopic (exact) mass is 579 g/mol.